The van der Waals surface area contributed by atoms with Crippen molar-refractivity contribution in [1.82, 2.24) is 0 Å². The zero-order valence-corrected chi connectivity index (χ0v) is 29.5. The molecule has 4 rings (SSSR count). The number of hydrogen-bond donors (Lipinski definition) is 0. The van der Waals surface area contributed by atoms with Crippen LogP contribution in [0.15, 0.2) is 78.0 Å². The molecule has 227 valence electrons. The average Bonchev–Trinajstić information content (AvgIpc) is 2.96. The normalized spacial score (nSPS) is 11.7. The van der Waals surface area contributed by atoms with Gasteiger partial charge >= 0.3 is 11.3 Å². The Kier molecular flexibility index (Phi) is 24.5. The first kappa shape index (κ1) is 44.3. The fourth-order valence-corrected chi connectivity index (χ4v) is 4.18. The smallest absolute Gasteiger partial charge is 0 e. The standard InChI is InChI=1S/C9H11N.3C9H9N.CO.BrH.Mn/c4*1-7-5-4-6-8(2)9(7)10-3;1-2;;/h4-5,8H,6H2,1-2H3;3*4-6H,1-2H3;;1H;. The summed E-state index contributed by atoms with van der Waals surface area (Å²) in [7, 11) is 0. The van der Waals surface area contributed by atoms with Crippen LogP contribution in [-0.2, 0) is 21.7 Å². The number of aryl methyl sites for hydroxylation is 6. The van der Waals surface area contributed by atoms with E-state index in [2.05, 4.69) is 39.0 Å². The van der Waals surface area contributed by atoms with E-state index in [0.29, 0.717) is 5.92 Å². The first-order chi connectivity index (χ1) is 20.0. The van der Waals surface area contributed by atoms with E-state index < -0.39 is 0 Å². The minimum absolute atomic E-state index is 0. The molecule has 0 aromatic heterocycles. The largest absolute Gasteiger partial charge is 0 e. The molecule has 7 heteroatoms. The second-order valence-electron chi connectivity index (χ2n) is 9.78. The number of nitrogens with zero attached hydrogens (tertiary/aromatic N) is 4. The van der Waals surface area contributed by atoms with Crippen molar-refractivity contribution in [3.05, 3.63) is 164 Å². The molecule has 1 aliphatic carbocycles. The molecule has 0 saturated heterocycles. The van der Waals surface area contributed by atoms with Crippen LogP contribution in [0.25, 0.3) is 19.4 Å². The van der Waals surface area contributed by atoms with Crippen molar-refractivity contribution >= 4 is 34.0 Å². The Morgan fingerprint density at radius 1 is 0.568 bits per heavy atom. The van der Waals surface area contributed by atoms with Crippen LogP contribution in [0.5, 0.6) is 0 Å². The van der Waals surface area contributed by atoms with Gasteiger partial charge in [-0.1, -0.05) is 73.7 Å². The molecule has 5 nitrogen and oxygen atoms in total. The van der Waals surface area contributed by atoms with Crippen molar-refractivity contribution in [3.63, 3.8) is 0 Å². The first-order valence-corrected chi connectivity index (χ1v) is 13.3. The van der Waals surface area contributed by atoms with Gasteiger partial charge in [0.05, 0.1) is 26.3 Å². The molecule has 0 heterocycles. The average molecular weight is 691 g/mol. The third kappa shape index (κ3) is 14.3. The third-order valence-corrected chi connectivity index (χ3v) is 6.50. The minimum atomic E-state index is 0. The summed E-state index contributed by atoms with van der Waals surface area (Å²) in [6.45, 7) is 47.8. The summed E-state index contributed by atoms with van der Waals surface area (Å²) in [5, 5.41) is 0. The van der Waals surface area contributed by atoms with E-state index in [0.717, 1.165) is 68.1 Å². The minimum Gasteiger partial charge on any atom is 0 e. The van der Waals surface area contributed by atoms with Gasteiger partial charge in [0.25, 0.3) is 0 Å². The predicted octanol–water partition coefficient (Wildman–Crippen LogP) is 11.9. The summed E-state index contributed by atoms with van der Waals surface area (Å²) >= 11 is 0. The molecule has 0 bridgehead atoms. The molecular weight excluding hydrogens is 651 g/mol. The van der Waals surface area contributed by atoms with Crippen molar-refractivity contribution < 1.29 is 21.7 Å². The van der Waals surface area contributed by atoms with E-state index in [-0.39, 0.29) is 34.1 Å². The Morgan fingerprint density at radius 2 is 0.841 bits per heavy atom. The fourth-order valence-electron chi connectivity index (χ4n) is 4.18. The number of benzene rings is 3. The van der Waals surface area contributed by atoms with Crippen LogP contribution < -0.4 is 0 Å². The molecule has 0 fully saturated rings. The molecule has 1 atom stereocenters. The van der Waals surface area contributed by atoms with E-state index in [1.807, 2.05) is 109 Å². The Hall–Kier alpha value is -4.16. The summed E-state index contributed by atoms with van der Waals surface area (Å²) in [5.74, 6) is 0.433. The van der Waals surface area contributed by atoms with Gasteiger partial charge in [0, 0.05) is 17.1 Å². The van der Waals surface area contributed by atoms with Crippen LogP contribution in [0.4, 0.5) is 17.1 Å². The van der Waals surface area contributed by atoms with E-state index in [4.69, 9.17) is 30.9 Å². The Balaban J connectivity index is -0.000000492. The van der Waals surface area contributed by atoms with Gasteiger partial charge in [-0.05, 0) is 99.8 Å². The molecular formula is C37H39BrMnN4O. The van der Waals surface area contributed by atoms with Crippen LogP contribution in [0.1, 0.15) is 53.6 Å². The quantitative estimate of drug-likeness (QED) is 0.128. The molecule has 3 aromatic rings. The van der Waals surface area contributed by atoms with E-state index in [1.54, 1.807) is 0 Å². The maximum atomic E-state index is 7.50. The van der Waals surface area contributed by atoms with Gasteiger partial charge in [0.1, 0.15) is 0 Å². The molecule has 0 amide bonds. The molecule has 1 aliphatic rings. The van der Waals surface area contributed by atoms with Crippen molar-refractivity contribution in [2.24, 2.45) is 5.92 Å². The summed E-state index contributed by atoms with van der Waals surface area (Å²) in [5.41, 5.74) is 10.8. The summed E-state index contributed by atoms with van der Waals surface area (Å²) in [4.78, 5) is 13.7. The van der Waals surface area contributed by atoms with Gasteiger partial charge < -0.3 is 0 Å². The molecule has 0 spiro atoms. The van der Waals surface area contributed by atoms with Crippen LogP contribution in [0.3, 0.4) is 0 Å². The topological polar surface area (TPSA) is 37.3 Å². The van der Waals surface area contributed by atoms with Gasteiger partial charge in [0.15, 0.2) is 22.8 Å². The zero-order chi connectivity index (χ0) is 32.2. The van der Waals surface area contributed by atoms with Crippen LogP contribution in [0.2, 0.25) is 0 Å². The maximum Gasteiger partial charge on any atom is 0 e. The van der Waals surface area contributed by atoms with Gasteiger partial charge in [-0.25, -0.2) is 19.4 Å². The number of allylic oxidation sites excluding steroid dienone is 4. The van der Waals surface area contributed by atoms with Gasteiger partial charge in [0.2, 0.25) is 0 Å². The molecule has 0 aliphatic heterocycles. The predicted molar refractivity (Wildman–Crippen MR) is 183 cm³/mol. The summed E-state index contributed by atoms with van der Waals surface area (Å²) in [6.07, 6.45) is 5.19. The van der Waals surface area contributed by atoms with Gasteiger partial charge in [-0.15, -0.1) is 17.0 Å². The van der Waals surface area contributed by atoms with Crippen molar-refractivity contribution in [2.45, 2.75) is 61.8 Å². The van der Waals surface area contributed by atoms with E-state index >= 15 is 0 Å². The molecule has 1 unspecified atom stereocenters. The van der Waals surface area contributed by atoms with E-state index in [9.17, 15) is 0 Å². The van der Waals surface area contributed by atoms with Crippen LogP contribution >= 0.6 is 17.0 Å². The monoisotopic (exact) mass is 689 g/mol. The fraction of sp³-hybridized carbons (Fsp3) is 0.270. The second kappa shape index (κ2) is 24.3. The molecule has 1 radical (unpaired) electrons. The third-order valence-electron chi connectivity index (χ3n) is 6.50. The van der Waals surface area contributed by atoms with Gasteiger partial charge in [-0.3, -0.25) is 0 Å². The SMILES string of the molecule is Br.[C-]#[N+]C1=C(C)C=CCC1C.[C-]#[N+]c1c(C)cccc1C.[C-]#[N+]c1c(C)cccc1C.[C-]#[N+]c1c(C)cccc1C.[C-]#[O+].[Mn]. The van der Waals surface area contributed by atoms with Crippen LogP contribution in [0, 0.1) is 80.4 Å². The summed E-state index contributed by atoms with van der Waals surface area (Å²) < 4.78 is 7.50. The molecule has 44 heavy (non-hydrogen) atoms. The molecule has 0 saturated carbocycles. The molecule has 3 aromatic carbocycles. The number of hydrogen-bond acceptors (Lipinski definition) is 0. The number of halogens is 1. The van der Waals surface area contributed by atoms with Gasteiger partial charge in [-0.2, -0.15) is 0 Å². The summed E-state index contributed by atoms with van der Waals surface area (Å²) in [6, 6.07) is 17.7. The van der Waals surface area contributed by atoms with Crippen LogP contribution in [-0.4, -0.2) is 0 Å². The maximum absolute atomic E-state index is 7.50. The van der Waals surface area contributed by atoms with Crippen molar-refractivity contribution in [3.8, 4) is 0 Å². The number of para-hydroxylation sites is 3. The molecule has 0 N–H and O–H groups in total. The second-order valence-corrected chi connectivity index (χ2v) is 9.78. The van der Waals surface area contributed by atoms with Crippen molar-refractivity contribution in [2.75, 3.05) is 0 Å². The Labute approximate surface area is 286 Å². The Bertz CT molecular complexity index is 1400. The Morgan fingerprint density at radius 3 is 1.00 bits per heavy atom. The van der Waals surface area contributed by atoms with E-state index in [1.165, 1.54) is 0 Å². The first-order valence-electron chi connectivity index (χ1n) is 13.3. The zero-order valence-electron chi connectivity index (χ0n) is 26.6. The van der Waals surface area contributed by atoms with Crippen molar-refractivity contribution in [1.29, 1.82) is 0 Å². The number of rotatable bonds is 0.